The van der Waals surface area contributed by atoms with Gasteiger partial charge in [-0.05, 0) is 61.8 Å². The van der Waals surface area contributed by atoms with Gasteiger partial charge in [0.05, 0.1) is 13.2 Å². The van der Waals surface area contributed by atoms with Gasteiger partial charge >= 0.3 is 0 Å². The van der Waals surface area contributed by atoms with Crippen molar-refractivity contribution < 1.29 is 19.4 Å². The lowest BCUT2D eigenvalue weighted by molar-refractivity contribution is 0.0976. The van der Waals surface area contributed by atoms with Gasteiger partial charge in [0.15, 0.2) is 5.76 Å². The summed E-state index contributed by atoms with van der Waals surface area (Å²) in [5.41, 5.74) is 8.47. The summed E-state index contributed by atoms with van der Waals surface area (Å²) in [5, 5.41) is 19.2. The molecule has 1 aromatic heterocycles. The number of rotatable bonds is 13. The number of aliphatic hydroxyl groups excluding tert-OH is 2. The number of carbonyl (C=O) groups excluding carboxylic acids is 1. The lowest BCUT2D eigenvalue weighted by Gasteiger charge is -2.09. The highest BCUT2D eigenvalue weighted by atomic mass is 79.9. The largest absolute Gasteiger partial charge is 0.451 e. The molecule has 0 radical (unpaired) electrons. The van der Waals surface area contributed by atoms with E-state index >= 15 is 0 Å². The van der Waals surface area contributed by atoms with E-state index in [9.17, 15) is 4.79 Å². The van der Waals surface area contributed by atoms with Crippen LogP contribution in [0.25, 0.3) is 11.0 Å². The van der Waals surface area contributed by atoms with Crippen molar-refractivity contribution in [1.29, 1.82) is 0 Å². The Morgan fingerprint density at radius 1 is 0.964 bits per heavy atom. The van der Waals surface area contributed by atoms with Crippen molar-refractivity contribution in [2.45, 2.75) is 61.0 Å². The van der Waals surface area contributed by atoms with Crippen molar-refractivity contribution >= 4 is 48.7 Å². The lowest BCUT2D eigenvalue weighted by Crippen LogP contribution is -2.09. The number of fused-ring (bicyclic) bond motifs is 1. The fraction of sp³-hybridized carbons (Fsp3) is 0.571. The number of halogens is 2. The first kappa shape index (κ1) is 23.4. The van der Waals surface area contributed by atoms with Gasteiger partial charge in [0.1, 0.15) is 5.58 Å². The van der Waals surface area contributed by atoms with Gasteiger partial charge in [-0.15, -0.1) is 0 Å². The van der Waals surface area contributed by atoms with Crippen molar-refractivity contribution in [3.05, 3.63) is 35.1 Å². The Hall–Kier alpha value is -0.890. The maximum atomic E-state index is 11.5. The van der Waals surface area contributed by atoms with E-state index in [0.29, 0.717) is 5.58 Å². The average molecular weight is 519 g/mol. The summed E-state index contributed by atoms with van der Waals surface area (Å²) in [7, 11) is 0. The van der Waals surface area contributed by atoms with Crippen LogP contribution in [0.5, 0.6) is 0 Å². The number of nitrogens with two attached hydrogens (primary N) is 1. The molecule has 2 unspecified atom stereocenters. The van der Waals surface area contributed by atoms with Crippen LogP contribution in [0.4, 0.5) is 0 Å². The van der Waals surface area contributed by atoms with Crippen molar-refractivity contribution in [3.63, 3.8) is 0 Å². The standard InChI is InChI=1S/C21H29Br2NO4/c22-16(12-25)7-3-1-5-14-9-15(6-2-4-8-17(23)13-26)18-11-20(21(24)27)28-19(18)10-14/h9-11,16-17,25-26H,1-8,12-13H2,(H2,24,27). The third-order valence-corrected chi connectivity index (χ3v) is 6.36. The summed E-state index contributed by atoms with van der Waals surface area (Å²) in [6.07, 6.45) is 7.75. The van der Waals surface area contributed by atoms with E-state index in [1.54, 1.807) is 6.07 Å². The SMILES string of the molecule is NC(=O)c1cc2c(CCCCC(Br)CO)cc(CCCCC(Br)CO)cc2o1. The number of benzene rings is 1. The number of aryl methyl sites for hydroxylation is 2. The summed E-state index contributed by atoms with van der Waals surface area (Å²) in [4.78, 5) is 11.8. The van der Waals surface area contributed by atoms with Gasteiger partial charge in [0.2, 0.25) is 0 Å². The Balaban J connectivity index is 2.08. The molecule has 1 aromatic carbocycles. The molecule has 28 heavy (non-hydrogen) atoms. The molecule has 1 amide bonds. The Labute approximate surface area is 182 Å². The van der Waals surface area contributed by atoms with Gasteiger partial charge in [0.25, 0.3) is 5.91 Å². The fourth-order valence-corrected chi connectivity index (χ4v) is 3.95. The summed E-state index contributed by atoms with van der Waals surface area (Å²) in [5.74, 6) is -0.361. The van der Waals surface area contributed by atoms with Crippen LogP contribution < -0.4 is 5.73 Å². The molecule has 0 aliphatic rings. The van der Waals surface area contributed by atoms with E-state index in [0.717, 1.165) is 56.8 Å². The molecule has 2 aromatic rings. The average Bonchev–Trinajstić information content (AvgIpc) is 3.12. The van der Waals surface area contributed by atoms with Crippen molar-refractivity contribution in [2.24, 2.45) is 5.73 Å². The second-order valence-corrected chi connectivity index (χ2v) is 9.78. The van der Waals surface area contributed by atoms with E-state index < -0.39 is 5.91 Å². The summed E-state index contributed by atoms with van der Waals surface area (Å²) >= 11 is 6.90. The second-order valence-electron chi connectivity index (χ2n) is 7.19. The van der Waals surface area contributed by atoms with E-state index in [1.165, 1.54) is 11.1 Å². The third-order valence-electron chi connectivity index (χ3n) is 4.87. The Bertz CT molecular complexity index is 762. The normalized spacial score (nSPS) is 13.7. The lowest BCUT2D eigenvalue weighted by atomic mass is 9.97. The minimum atomic E-state index is -0.554. The Morgan fingerprint density at radius 3 is 2.14 bits per heavy atom. The summed E-state index contributed by atoms with van der Waals surface area (Å²) in [6.45, 7) is 0.304. The monoisotopic (exact) mass is 517 g/mol. The maximum absolute atomic E-state index is 11.5. The topological polar surface area (TPSA) is 96.7 Å². The zero-order valence-electron chi connectivity index (χ0n) is 16.0. The highest BCUT2D eigenvalue weighted by molar-refractivity contribution is 9.09. The number of primary amides is 1. The predicted molar refractivity (Wildman–Crippen MR) is 119 cm³/mol. The van der Waals surface area contributed by atoms with E-state index in [4.69, 9.17) is 20.4 Å². The van der Waals surface area contributed by atoms with E-state index in [-0.39, 0.29) is 28.6 Å². The molecule has 0 saturated carbocycles. The van der Waals surface area contributed by atoms with Crippen molar-refractivity contribution in [1.82, 2.24) is 0 Å². The number of hydrogen-bond acceptors (Lipinski definition) is 4. The number of alkyl halides is 2. The first-order chi connectivity index (χ1) is 13.4. The minimum Gasteiger partial charge on any atom is -0.451 e. The third kappa shape index (κ3) is 7.17. The minimum absolute atomic E-state index is 0.145. The number of carbonyl (C=O) groups is 1. The van der Waals surface area contributed by atoms with Crippen molar-refractivity contribution in [2.75, 3.05) is 13.2 Å². The molecule has 7 heteroatoms. The number of amides is 1. The molecule has 2 rings (SSSR count). The van der Waals surface area contributed by atoms with E-state index in [2.05, 4.69) is 37.9 Å². The van der Waals surface area contributed by atoms with Crippen LogP contribution in [0.2, 0.25) is 0 Å². The molecule has 0 saturated heterocycles. The molecule has 1 heterocycles. The van der Waals surface area contributed by atoms with Gasteiger partial charge in [-0.2, -0.15) is 0 Å². The molecule has 0 spiro atoms. The molecule has 0 bridgehead atoms. The zero-order chi connectivity index (χ0) is 20.5. The van der Waals surface area contributed by atoms with Crippen LogP contribution in [0, 0.1) is 0 Å². The molecule has 156 valence electrons. The van der Waals surface area contributed by atoms with Crippen LogP contribution in [0.3, 0.4) is 0 Å². The molecule has 0 aliphatic carbocycles. The quantitative estimate of drug-likeness (QED) is 0.269. The number of hydrogen-bond donors (Lipinski definition) is 3. The smallest absolute Gasteiger partial charge is 0.284 e. The molecular formula is C21H29Br2NO4. The predicted octanol–water partition coefficient (Wildman–Crippen LogP) is 4.47. The number of unbranched alkanes of at least 4 members (excludes halogenated alkanes) is 2. The Kier molecular flexibility index (Phi) is 9.99. The van der Waals surface area contributed by atoms with Gasteiger partial charge < -0.3 is 20.4 Å². The summed E-state index contributed by atoms with van der Waals surface area (Å²) in [6, 6.07) is 5.95. The Morgan fingerprint density at radius 2 is 1.57 bits per heavy atom. The molecular weight excluding hydrogens is 490 g/mol. The number of furan rings is 1. The molecule has 5 nitrogen and oxygen atoms in total. The van der Waals surface area contributed by atoms with Gasteiger partial charge in [-0.1, -0.05) is 50.8 Å². The van der Waals surface area contributed by atoms with Crippen LogP contribution in [-0.2, 0) is 12.8 Å². The number of aliphatic hydroxyl groups is 2. The van der Waals surface area contributed by atoms with Crippen LogP contribution >= 0.6 is 31.9 Å². The van der Waals surface area contributed by atoms with Crippen molar-refractivity contribution in [3.8, 4) is 0 Å². The second kappa shape index (κ2) is 12.0. The van der Waals surface area contributed by atoms with E-state index in [1.807, 2.05) is 6.07 Å². The molecule has 2 atom stereocenters. The van der Waals surface area contributed by atoms with Crippen LogP contribution in [0.1, 0.15) is 60.2 Å². The van der Waals surface area contributed by atoms with Gasteiger partial charge in [-0.25, -0.2) is 0 Å². The summed E-state index contributed by atoms with van der Waals surface area (Å²) < 4.78 is 5.68. The van der Waals surface area contributed by atoms with Crippen LogP contribution in [-0.4, -0.2) is 39.0 Å². The van der Waals surface area contributed by atoms with Gasteiger partial charge in [0, 0.05) is 15.0 Å². The molecule has 4 N–H and O–H groups in total. The molecule has 0 aliphatic heterocycles. The highest BCUT2D eigenvalue weighted by Crippen LogP contribution is 2.28. The zero-order valence-corrected chi connectivity index (χ0v) is 19.2. The maximum Gasteiger partial charge on any atom is 0.284 e. The highest BCUT2D eigenvalue weighted by Gasteiger charge is 2.14. The fourth-order valence-electron chi connectivity index (χ4n) is 3.31. The first-order valence-corrected chi connectivity index (χ1v) is 11.6. The molecule has 0 fully saturated rings. The van der Waals surface area contributed by atoms with Gasteiger partial charge in [-0.3, -0.25) is 4.79 Å². The van der Waals surface area contributed by atoms with Crippen LogP contribution in [0.15, 0.2) is 22.6 Å². The first-order valence-electron chi connectivity index (χ1n) is 9.79.